The number of aryl methyl sites for hydroxylation is 1. The Labute approximate surface area is 198 Å². The normalized spacial score (nSPS) is 15.6. The summed E-state index contributed by atoms with van der Waals surface area (Å²) in [6.45, 7) is 3.49. The number of anilines is 1. The minimum absolute atomic E-state index is 0.0369. The summed E-state index contributed by atoms with van der Waals surface area (Å²) in [4.78, 5) is 38.4. The summed E-state index contributed by atoms with van der Waals surface area (Å²) in [5.74, 6) is -0.270. The van der Waals surface area contributed by atoms with Crippen LogP contribution in [0.25, 0.3) is 11.0 Å². The van der Waals surface area contributed by atoms with Crippen LogP contribution in [0.3, 0.4) is 0 Å². The number of aromatic amines is 1. The van der Waals surface area contributed by atoms with Crippen molar-refractivity contribution in [3.05, 3.63) is 63.3 Å². The lowest BCUT2D eigenvalue weighted by atomic mass is 10.0. The van der Waals surface area contributed by atoms with E-state index >= 15 is 0 Å². The van der Waals surface area contributed by atoms with Crippen LogP contribution in [-0.2, 0) is 6.18 Å². The van der Waals surface area contributed by atoms with Gasteiger partial charge in [0.15, 0.2) is 0 Å². The summed E-state index contributed by atoms with van der Waals surface area (Å²) >= 11 is 0. The Hall–Kier alpha value is -3.98. The van der Waals surface area contributed by atoms with Gasteiger partial charge < -0.3 is 15.2 Å². The molecular formula is C23H22F3N7O2. The van der Waals surface area contributed by atoms with E-state index < -0.39 is 23.3 Å². The molecule has 9 nitrogen and oxygen atoms in total. The van der Waals surface area contributed by atoms with Gasteiger partial charge in [0.25, 0.3) is 11.5 Å². The zero-order valence-electron chi connectivity index (χ0n) is 19.0. The van der Waals surface area contributed by atoms with E-state index in [1.807, 2.05) is 11.0 Å². The highest BCUT2D eigenvalue weighted by molar-refractivity contribution is 5.92. The molecule has 1 aliphatic heterocycles. The number of hydrogen-bond acceptors (Lipinski definition) is 7. The average molecular weight is 485 g/mol. The molecule has 0 radical (unpaired) electrons. The van der Waals surface area contributed by atoms with E-state index in [9.17, 15) is 28.0 Å². The molecule has 35 heavy (non-hydrogen) atoms. The van der Waals surface area contributed by atoms with Crippen molar-refractivity contribution < 1.29 is 18.0 Å². The Bertz CT molecular complexity index is 1360. The number of nitriles is 1. The maximum atomic E-state index is 13.2. The fourth-order valence-corrected chi connectivity index (χ4v) is 4.28. The second-order valence-corrected chi connectivity index (χ2v) is 8.15. The van der Waals surface area contributed by atoms with Crippen LogP contribution in [-0.4, -0.2) is 59.0 Å². The van der Waals surface area contributed by atoms with E-state index in [1.165, 1.54) is 26.2 Å². The van der Waals surface area contributed by atoms with Crippen molar-refractivity contribution in [3.8, 4) is 6.07 Å². The fourth-order valence-electron chi connectivity index (χ4n) is 4.28. The number of nitrogens with zero attached hydrogens (tertiary/aromatic N) is 5. The lowest BCUT2D eigenvalue weighted by Gasteiger charge is -2.38. The minimum atomic E-state index is -4.79. The minimum Gasteiger partial charge on any atom is -0.368 e. The van der Waals surface area contributed by atoms with E-state index in [2.05, 4.69) is 31.2 Å². The zero-order chi connectivity index (χ0) is 25.3. The monoisotopic (exact) mass is 485 g/mol. The van der Waals surface area contributed by atoms with Crippen LogP contribution in [0.2, 0.25) is 0 Å². The van der Waals surface area contributed by atoms with Crippen LogP contribution < -0.4 is 15.8 Å². The van der Waals surface area contributed by atoms with Gasteiger partial charge in [0, 0.05) is 45.0 Å². The van der Waals surface area contributed by atoms with E-state index in [1.54, 1.807) is 12.3 Å². The van der Waals surface area contributed by atoms with Crippen molar-refractivity contribution in [2.24, 2.45) is 0 Å². The van der Waals surface area contributed by atoms with Gasteiger partial charge in [0.05, 0.1) is 29.0 Å². The number of amides is 1. The lowest BCUT2D eigenvalue weighted by molar-refractivity contribution is -0.139. The highest BCUT2D eigenvalue weighted by Crippen LogP contribution is 2.32. The number of fused-ring (bicyclic) bond motifs is 1. The molecular weight excluding hydrogens is 463 g/mol. The molecule has 182 valence electrons. The first-order chi connectivity index (χ1) is 16.6. The number of hydrogen-bond donors (Lipinski definition) is 2. The second-order valence-electron chi connectivity index (χ2n) is 8.15. The Morgan fingerprint density at radius 3 is 2.49 bits per heavy atom. The van der Waals surface area contributed by atoms with E-state index in [0.717, 1.165) is 5.69 Å². The van der Waals surface area contributed by atoms with Gasteiger partial charge in [-0.05, 0) is 30.7 Å². The largest absolute Gasteiger partial charge is 0.422 e. The quantitative estimate of drug-likeness (QED) is 0.583. The van der Waals surface area contributed by atoms with Crippen molar-refractivity contribution in [3.63, 3.8) is 0 Å². The molecule has 1 fully saturated rings. The van der Waals surface area contributed by atoms with Gasteiger partial charge in [0.1, 0.15) is 17.3 Å². The highest BCUT2D eigenvalue weighted by atomic mass is 19.4. The first-order valence-corrected chi connectivity index (χ1v) is 10.8. The third-order valence-electron chi connectivity index (χ3n) is 6.09. The van der Waals surface area contributed by atoms with Crippen LogP contribution in [0.1, 0.15) is 33.2 Å². The van der Waals surface area contributed by atoms with Crippen LogP contribution >= 0.6 is 0 Å². The molecule has 1 atom stereocenters. The number of H-pyrrole nitrogens is 1. The van der Waals surface area contributed by atoms with Gasteiger partial charge in [0.2, 0.25) is 0 Å². The second kappa shape index (κ2) is 9.34. The van der Waals surface area contributed by atoms with Crippen molar-refractivity contribution in [1.29, 1.82) is 5.26 Å². The predicted octanol–water partition coefficient (Wildman–Crippen LogP) is 2.39. The Morgan fingerprint density at radius 1 is 1.20 bits per heavy atom. The Morgan fingerprint density at radius 2 is 1.91 bits per heavy atom. The molecule has 3 aromatic rings. The third-order valence-corrected chi connectivity index (χ3v) is 6.09. The number of alkyl halides is 3. The molecule has 1 unspecified atom stereocenters. The standard InChI is InChI=1S/C23H22F3N7O2/c1-13-19(23(24,25)26)22(35)31-17-9-14(11-30-20(13)17)18(10-27)33-7-5-32(6-8-33)15-3-4-16(29-12-15)21(34)28-2/h3-4,9,11-12,18H,5-8H2,1-2H3,(H,28,34)(H,31,35). The highest BCUT2D eigenvalue weighted by Gasteiger charge is 2.37. The number of nitrogens with one attached hydrogen (secondary N) is 2. The number of halogens is 3. The summed E-state index contributed by atoms with van der Waals surface area (Å²) in [5.41, 5.74) is -0.906. The average Bonchev–Trinajstić information content (AvgIpc) is 2.83. The first-order valence-electron chi connectivity index (χ1n) is 10.8. The number of carbonyl (C=O) groups excluding carboxylic acids is 1. The molecule has 0 aliphatic carbocycles. The van der Waals surface area contributed by atoms with Gasteiger partial charge in [-0.2, -0.15) is 18.4 Å². The molecule has 3 aromatic heterocycles. The van der Waals surface area contributed by atoms with Gasteiger partial charge in [-0.1, -0.05) is 0 Å². The topological polar surface area (TPSA) is 118 Å². The molecule has 12 heteroatoms. The predicted molar refractivity (Wildman–Crippen MR) is 122 cm³/mol. The van der Waals surface area contributed by atoms with Crippen molar-refractivity contribution in [2.45, 2.75) is 19.1 Å². The lowest BCUT2D eigenvalue weighted by Crippen LogP contribution is -2.47. The molecule has 2 N–H and O–H groups in total. The van der Waals surface area contributed by atoms with Crippen LogP contribution in [0.4, 0.5) is 18.9 Å². The molecule has 1 saturated heterocycles. The Kier molecular flexibility index (Phi) is 6.45. The zero-order valence-corrected chi connectivity index (χ0v) is 19.0. The van der Waals surface area contributed by atoms with Gasteiger partial charge in [-0.25, -0.2) is 4.98 Å². The third kappa shape index (κ3) is 4.67. The summed E-state index contributed by atoms with van der Waals surface area (Å²) < 4.78 is 39.7. The van der Waals surface area contributed by atoms with E-state index in [-0.39, 0.29) is 22.5 Å². The summed E-state index contributed by atoms with van der Waals surface area (Å²) in [7, 11) is 1.53. The van der Waals surface area contributed by atoms with Gasteiger partial charge in [-0.15, -0.1) is 0 Å². The smallest absolute Gasteiger partial charge is 0.368 e. The number of rotatable bonds is 4. The summed E-state index contributed by atoms with van der Waals surface area (Å²) in [6.07, 6.45) is -1.78. The molecule has 0 aromatic carbocycles. The van der Waals surface area contributed by atoms with Crippen LogP contribution in [0.5, 0.6) is 0 Å². The van der Waals surface area contributed by atoms with Crippen molar-refractivity contribution >= 4 is 22.6 Å². The summed E-state index contributed by atoms with van der Waals surface area (Å²) in [5, 5.41) is 12.4. The molecule has 4 rings (SSSR count). The molecule has 0 bridgehead atoms. The number of piperazine rings is 1. The van der Waals surface area contributed by atoms with E-state index in [4.69, 9.17) is 0 Å². The fraction of sp³-hybridized carbons (Fsp3) is 0.348. The maximum absolute atomic E-state index is 13.2. The van der Waals surface area contributed by atoms with Crippen molar-refractivity contribution in [2.75, 3.05) is 38.1 Å². The first kappa shape index (κ1) is 24.2. The molecule has 0 spiro atoms. The molecule has 0 saturated carbocycles. The SMILES string of the molecule is CNC(=O)c1ccc(N2CCN(C(C#N)c3cnc4c(C)c(C(F)(F)F)c(=O)[nH]c4c3)CC2)cn1. The Balaban J connectivity index is 1.53. The molecule has 4 heterocycles. The van der Waals surface area contributed by atoms with Crippen LogP contribution in [0, 0.1) is 18.3 Å². The molecule has 1 aliphatic rings. The van der Waals surface area contributed by atoms with Crippen molar-refractivity contribution in [1.82, 2.24) is 25.2 Å². The molecule has 1 amide bonds. The summed E-state index contributed by atoms with van der Waals surface area (Å²) in [6, 6.07) is 6.52. The maximum Gasteiger partial charge on any atom is 0.422 e. The van der Waals surface area contributed by atoms with Gasteiger partial charge >= 0.3 is 6.18 Å². The number of pyridine rings is 3. The van der Waals surface area contributed by atoms with Crippen LogP contribution in [0.15, 0.2) is 35.4 Å². The number of carbonyl (C=O) groups is 1. The number of aromatic nitrogens is 3. The van der Waals surface area contributed by atoms with E-state index in [0.29, 0.717) is 37.4 Å². The van der Waals surface area contributed by atoms with Gasteiger partial charge in [-0.3, -0.25) is 19.5 Å².